The van der Waals surface area contributed by atoms with Gasteiger partial charge in [-0.2, -0.15) is 28.2 Å². The van der Waals surface area contributed by atoms with Gasteiger partial charge < -0.3 is 16.8 Å². The molecule has 0 bridgehead atoms. The van der Waals surface area contributed by atoms with Crippen molar-refractivity contribution >= 4 is 40.1 Å². The summed E-state index contributed by atoms with van der Waals surface area (Å²) in [6.07, 6.45) is -3.40. The Labute approximate surface area is 182 Å². The molecule has 4 aromatic rings. The van der Waals surface area contributed by atoms with Gasteiger partial charge in [-0.15, -0.1) is 0 Å². The van der Waals surface area contributed by atoms with Crippen molar-refractivity contribution in [1.82, 2.24) is 29.7 Å². The minimum absolute atomic E-state index is 0.0124. The molecule has 1 atom stereocenters. The number of aromatic nitrogens is 6. The van der Waals surface area contributed by atoms with E-state index in [1.54, 1.807) is 6.92 Å². The summed E-state index contributed by atoms with van der Waals surface area (Å²) in [5.74, 6) is 0.0458. The number of fused-ring (bicyclic) bond motifs is 1. The second kappa shape index (κ2) is 7.67. The second-order valence-corrected chi connectivity index (χ2v) is 7.12. The van der Waals surface area contributed by atoms with Gasteiger partial charge in [-0.1, -0.05) is 17.7 Å². The molecule has 0 amide bonds. The van der Waals surface area contributed by atoms with E-state index in [0.717, 1.165) is 10.6 Å². The fourth-order valence-electron chi connectivity index (χ4n) is 3.23. The molecule has 32 heavy (non-hydrogen) atoms. The fraction of sp³-hybridized carbons (Fsp3) is 0.167. The lowest BCUT2D eigenvalue weighted by Crippen LogP contribution is -2.29. The summed E-state index contributed by atoms with van der Waals surface area (Å²) in [6, 6.07) is 3.98. The number of anilines is 3. The Hall–Kier alpha value is -3.87. The van der Waals surface area contributed by atoms with Gasteiger partial charge >= 0.3 is 6.18 Å². The number of nitrogens with one attached hydrogen (secondary N) is 2. The summed E-state index contributed by atoms with van der Waals surface area (Å²) in [5.41, 5.74) is 9.17. The van der Waals surface area contributed by atoms with Gasteiger partial charge in [-0.25, -0.2) is 9.55 Å². The van der Waals surface area contributed by atoms with Crippen molar-refractivity contribution in [3.63, 3.8) is 0 Å². The normalized spacial score (nSPS) is 12.8. The maximum Gasteiger partial charge on any atom is 0.417 e. The first-order valence-corrected chi connectivity index (χ1v) is 9.43. The van der Waals surface area contributed by atoms with Crippen LogP contribution in [-0.4, -0.2) is 29.7 Å². The van der Waals surface area contributed by atoms with Crippen LogP contribution in [0.5, 0.6) is 0 Å². The number of hydrogen-bond donors (Lipinski definition) is 4. The zero-order valence-electron chi connectivity index (χ0n) is 16.3. The van der Waals surface area contributed by atoms with E-state index in [-0.39, 0.29) is 39.8 Å². The summed E-state index contributed by atoms with van der Waals surface area (Å²) in [4.78, 5) is 25.4. The number of alkyl halides is 3. The Kier molecular flexibility index (Phi) is 5.12. The van der Waals surface area contributed by atoms with Gasteiger partial charge in [0.25, 0.3) is 5.56 Å². The molecule has 10 nitrogen and oxygen atoms in total. The van der Waals surface area contributed by atoms with Crippen LogP contribution in [0.1, 0.15) is 24.4 Å². The highest BCUT2D eigenvalue weighted by Crippen LogP contribution is 2.34. The molecule has 1 aromatic carbocycles. The lowest BCUT2D eigenvalue weighted by atomic mass is 10.1. The van der Waals surface area contributed by atoms with E-state index in [0.29, 0.717) is 0 Å². The van der Waals surface area contributed by atoms with Crippen LogP contribution in [0.15, 0.2) is 35.3 Å². The number of nitrogens with zero attached hydrogens (tertiary/aromatic N) is 5. The molecule has 4 rings (SSSR count). The van der Waals surface area contributed by atoms with E-state index in [4.69, 9.17) is 23.1 Å². The lowest BCUT2D eigenvalue weighted by molar-refractivity contribution is -0.136. The minimum Gasteiger partial charge on any atom is -0.382 e. The first-order chi connectivity index (χ1) is 15.1. The fourth-order valence-corrected chi connectivity index (χ4v) is 3.37. The van der Waals surface area contributed by atoms with Crippen molar-refractivity contribution in [1.29, 1.82) is 0 Å². The van der Waals surface area contributed by atoms with Crippen molar-refractivity contribution in [3.05, 3.63) is 57.2 Å². The van der Waals surface area contributed by atoms with Gasteiger partial charge in [0.1, 0.15) is 22.5 Å². The lowest BCUT2D eigenvalue weighted by Gasteiger charge is -2.20. The molecule has 6 N–H and O–H groups in total. The topological polar surface area (TPSA) is 153 Å². The molecule has 0 radical (unpaired) electrons. The molecule has 0 aliphatic rings. The maximum atomic E-state index is 13.6. The van der Waals surface area contributed by atoms with Crippen LogP contribution in [0.3, 0.4) is 0 Å². The quantitative estimate of drug-likeness (QED) is 0.359. The van der Waals surface area contributed by atoms with Gasteiger partial charge in [0.05, 0.1) is 28.7 Å². The molecule has 3 aromatic heterocycles. The van der Waals surface area contributed by atoms with Crippen LogP contribution in [0.2, 0.25) is 5.02 Å². The van der Waals surface area contributed by atoms with E-state index < -0.39 is 28.7 Å². The Bertz CT molecular complexity index is 1370. The standard InChI is InChI=1S/C18H15ClF3N9O/c1-7(26-14-12(19)13(23)28-17(24)29-14)15-27-9-4-2-3-8(18(20,21)22)11(9)16(32)31(15)10-5-6-25-30-10/h2-7H,1H3,(H,25,30)(H5,23,24,26,28,29). The highest BCUT2D eigenvalue weighted by Gasteiger charge is 2.35. The predicted octanol–water partition coefficient (Wildman–Crippen LogP) is 2.91. The first kappa shape index (κ1) is 21.4. The third kappa shape index (κ3) is 3.66. The number of nitrogen functional groups attached to an aromatic ring is 2. The van der Waals surface area contributed by atoms with Crippen LogP contribution < -0.4 is 22.3 Å². The van der Waals surface area contributed by atoms with Crippen LogP contribution in [-0.2, 0) is 6.18 Å². The van der Waals surface area contributed by atoms with Crippen LogP contribution >= 0.6 is 11.6 Å². The van der Waals surface area contributed by atoms with Crippen molar-refractivity contribution in [2.75, 3.05) is 16.8 Å². The summed E-state index contributed by atoms with van der Waals surface area (Å²) in [5, 5.41) is 8.70. The molecule has 0 spiro atoms. The monoisotopic (exact) mass is 465 g/mol. The summed E-state index contributed by atoms with van der Waals surface area (Å²) in [7, 11) is 0. The number of benzene rings is 1. The zero-order chi connectivity index (χ0) is 23.2. The first-order valence-electron chi connectivity index (χ1n) is 9.05. The molecule has 166 valence electrons. The Balaban J connectivity index is 1.95. The third-order valence-corrected chi connectivity index (χ3v) is 4.96. The minimum atomic E-state index is -4.75. The van der Waals surface area contributed by atoms with Crippen LogP contribution in [0.25, 0.3) is 16.7 Å². The van der Waals surface area contributed by atoms with Gasteiger partial charge in [0.2, 0.25) is 5.95 Å². The Morgan fingerprint density at radius 3 is 2.59 bits per heavy atom. The smallest absolute Gasteiger partial charge is 0.382 e. The van der Waals surface area contributed by atoms with Crippen molar-refractivity contribution in [2.45, 2.75) is 19.1 Å². The van der Waals surface area contributed by atoms with E-state index in [9.17, 15) is 18.0 Å². The molecular weight excluding hydrogens is 451 g/mol. The average Bonchev–Trinajstić information content (AvgIpc) is 3.24. The average molecular weight is 466 g/mol. The second-order valence-electron chi connectivity index (χ2n) is 6.75. The maximum absolute atomic E-state index is 13.6. The largest absolute Gasteiger partial charge is 0.417 e. The van der Waals surface area contributed by atoms with Crippen molar-refractivity contribution in [3.8, 4) is 5.82 Å². The van der Waals surface area contributed by atoms with Gasteiger partial charge in [-0.05, 0) is 19.1 Å². The molecular formula is C18H15ClF3N9O. The van der Waals surface area contributed by atoms with Gasteiger partial charge in [-0.3, -0.25) is 9.89 Å². The number of aromatic amines is 1. The molecule has 0 aliphatic carbocycles. The SMILES string of the molecule is CC(Nc1nc(N)nc(N)c1Cl)c1nc2cccc(C(F)(F)F)c2c(=O)n1-c1ccn[nH]1. The number of hydrogen-bond acceptors (Lipinski definition) is 8. The number of halogens is 4. The van der Waals surface area contributed by atoms with Crippen LogP contribution in [0, 0.1) is 0 Å². The van der Waals surface area contributed by atoms with Gasteiger partial charge in [0.15, 0.2) is 5.82 Å². The summed E-state index contributed by atoms with van der Waals surface area (Å²) >= 11 is 6.14. The molecule has 0 fully saturated rings. The number of rotatable bonds is 4. The highest BCUT2D eigenvalue weighted by molar-refractivity contribution is 6.35. The van der Waals surface area contributed by atoms with Crippen molar-refractivity contribution < 1.29 is 13.2 Å². The molecule has 3 heterocycles. The van der Waals surface area contributed by atoms with Crippen LogP contribution in [0.4, 0.5) is 30.8 Å². The highest BCUT2D eigenvalue weighted by atomic mass is 35.5. The van der Waals surface area contributed by atoms with E-state index in [1.165, 1.54) is 24.4 Å². The molecule has 1 unspecified atom stereocenters. The van der Waals surface area contributed by atoms with E-state index >= 15 is 0 Å². The predicted molar refractivity (Wildman–Crippen MR) is 112 cm³/mol. The van der Waals surface area contributed by atoms with Gasteiger partial charge in [0, 0.05) is 6.07 Å². The summed E-state index contributed by atoms with van der Waals surface area (Å²) < 4.78 is 41.7. The molecule has 14 heteroatoms. The molecule has 0 saturated heterocycles. The van der Waals surface area contributed by atoms with E-state index in [2.05, 4.69) is 30.5 Å². The third-order valence-electron chi connectivity index (χ3n) is 4.59. The van der Waals surface area contributed by atoms with Crippen molar-refractivity contribution in [2.24, 2.45) is 0 Å². The zero-order valence-corrected chi connectivity index (χ0v) is 17.0. The van der Waals surface area contributed by atoms with E-state index in [1.807, 2.05) is 0 Å². The summed E-state index contributed by atoms with van der Waals surface area (Å²) in [6.45, 7) is 1.61. The number of H-pyrrole nitrogens is 1. The Morgan fingerprint density at radius 1 is 1.19 bits per heavy atom. The molecule has 0 saturated carbocycles. The molecule has 0 aliphatic heterocycles. The Morgan fingerprint density at radius 2 is 1.94 bits per heavy atom. The number of nitrogens with two attached hydrogens (primary N) is 2.